The number of rotatable bonds is 2. The lowest BCUT2D eigenvalue weighted by Gasteiger charge is -2.23. The highest BCUT2D eigenvalue weighted by molar-refractivity contribution is 6.32. The maximum absolute atomic E-state index is 13.5. The molecule has 2 aliphatic heterocycles. The van der Waals surface area contributed by atoms with Crippen molar-refractivity contribution in [3.8, 4) is 6.07 Å². The number of fused-ring (bicyclic) bond motifs is 1. The third-order valence-corrected chi connectivity index (χ3v) is 4.81. The van der Waals surface area contributed by atoms with Crippen LogP contribution in [0.2, 0.25) is 0 Å². The summed E-state index contributed by atoms with van der Waals surface area (Å²) in [7, 11) is 0. The molecule has 0 bridgehead atoms. The number of amides is 1. The predicted octanol–water partition coefficient (Wildman–Crippen LogP) is 4.92. The number of hydrogen-bond donors (Lipinski definition) is 1. The second kappa shape index (κ2) is 6.50. The van der Waals surface area contributed by atoms with Crippen molar-refractivity contribution in [2.75, 3.05) is 5.32 Å². The lowest BCUT2D eigenvalue weighted by atomic mass is 9.91. The number of nitrogens with one attached hydrogen (secondary N) is 1. The number of hydrogen-bond acceptors (Lipinski definition) is 3. The molecule has 4 nitrogen and oxygen atoms in total. The lowest BCUT2D eigenvalue weighted by molar-refractivity contribution is -0.111. The van der Waals surface area contributed by atoms with Gasteiger partial charge < -0.3 is 10.1 Å². The van der Waals surface area contributed by atoms with Gasteiger partial charge in [-0.25, -0.2) is 4.39 Å². The van der Waals surface area contributed by atoms with Gasteiger partial charge in [0, 0.05) is 17.2 Å². The van der Waals surface area contributed by atoms with Crippen molar-refractivity contribution < 1.29 is 13.9 Å². The number of carbonyl (C=O) groups is 1. The van der Waals surface area contributed by atoms with Gasteiger partial charge in [-0.1, -0.05) is 18.2 Å². The molecule has 5 heteroatoms. The Kier molecular flexibility index (Phi) is 4.12. The highest BCUT2D eigenvalue weighted by Gasteiger charge is 2.38. The fourth-order valence-electron chi connectivity index (χ4n) is 3.55. The highest BCUT2D eigenvalue weighted by Crippen LogP contribution is 2.44. The first kappa shape index (κ1) is 17.7. The van der Waals surface area contributed by atoms with E-state index in [1.54, 1.807) is 12.1 Å². The minimum absolute atomic E-state index is 0.311. The summed E-state index contributed by atoms with van der Waals surface area (Å²) < 4.78 is 19.6. The first-order valence-corrected chi connectivity index (χ1v) is 8.82. The van der Waals surface area contributed by atoms with E-state index in [0.29, 0.717) is 22.6 Å². The number of halogens is 1. The van der Waals surface area contributed by atoms with Crippen LogP contribution in [0.5, 0.6) is 0 Å². The van der Waals surface area contributed by atoms with Gasteiger partial charge in [-0.3, -0.25) is 4.79 Å². The summed E-state index contributed by atoms with van der Waals surface area (Å²) in [6.45, 7) is 3.87. The van der Waals surface area contributed by atoms with Crippen molar-refractivity contribution in [2.45, 2.75) is 19.4 Å². The lowest BCUT2D eigenvalue weighted by Crippen LogP contribution is -2.21. The average molecular weight is 372 g/mol. The van der Waals surface area contributed by atoms with Crippen LogP contribution in [0, 0.1) is 17.1 Å². The average Bonchev–Trinajstić information content (AvgIpc) is 3.14. The Morgan fingerprint density at radius 3 is 2.82 bits per heavy atom. The minimum Gasteiger partial charge on any atom is -0.482 e. The summed E-state index contributed by atoms with van der Waals surface area (Å²) in [5.41, 5.74) is 3.59. The van der Waals surface area contributed by atoms with E-state index in [2.05, 4.69) is 5.32 Å². The third kappa shape index (κ3) is 2.99. The normalized spacial score (nSPS) is 19.8. The van der Waals surface area contributed by atoms with Crippen molar-refractivity contribution in [1.82, 2.24) is 0 Å². The molecule has 28 heavy (non-hydrogen) atoms. The van der Waals surface area contributed by atoms with Gasteiger partial charge in [0.25, 0.3) is 5.91 Å². The van der Waals surface area contributed by atoms with E-state index in [9.17, 15) is 9.18 Å². The molecule has 1 amide bonds. The Balaban J connectivity index is 1.82. The molecule has 2 aromatic rings. The number of ether oxygens (including phenoxy) is 1. The number of carbonyl (C=O) groups excluding carboxylic acids is 1. The van der Waals surface area contributed by atoms with E-state index in [1.165, 1.54) is 18.2 Å². The zero-order valence-electron chi connectivity index (χ0n) is 15.4. The van der Waals surface area contributed by atoms with Gasteiger partial charge in [0.05, 0.1) is 17.3 Å². The van der Waals surface area contributed by atoms with Crippen molar-refractivity contribution in [3.63, 3.8) is 0 Å². The van der Waals surface area contributed by atoms with E-state index < -0.39 is 11.4 Å². The summed E-state index contributed by atoms with van der Waals surface area (Å²) in [5.74, 6) is -0.258. The van der Waals surface area contributed by atoms with Crippen LogP contribution in [0.3, 0.4) is 0 Å². The first-order valence-electron chi connectivity index (χ1n) is 8.82. The largest absolute Gasteiger partial charge is 0.482 e. The molecule has 0 unspecified atom stereocenters. The molecule has 2 aromatic carbocycles. The molecule has 0 spiro atoms. The second-order valence-electron chi connectivity index (χ2n) is 7.14. The Labute approximate surface area is 162 Å². The van der Waals surface area contributed by atoms with Gasteiger partial charge in [-0.05, 0) is 61.4 Å². The van der Waals surface area contributed by atoms with Crippen LogP contribution < -0.4 is 5.32 Å². The topological polar surface area (TPSA) is 62.1 Å². The summed E-state index contributed by atoms with van der Waals surface area (Å²) in [6.07, 6.45) is 5.03. The van der Waals surface area contributed by atoms with Crippen LogP contribution in [-0.2, 0) is 9.53 Å². The number of allylic oxidation sites excluding steroid dienone is 2. The SMILES string of the molecule is CC1(C)OC(=C2C(=O)Nc3cc(F)ccc32)C=C1c1cccc(C=CC#N)c1. The molecule has 2 heterocycles. The molecular weight excluding hydrogens is 355 g/mol. The predicted molar refractivity (Wildman–Crippen MR) is 106 cm³/mol. The molecule has 0 atom stereocenters. The van der Waals surface area contributed by atoms with Crippen LogP contribution in [-0.4, -0.2) is 11.5 Å². The van der Waals surface area contributed by atoms with Crippen LogP contribution in [0.15, 0.2) is 60.4 Å². The van der Waals surface area contributed by atoms with Crippen molar-refractivity contribution in [3.05, 3.63) is 82.9 Å². The van der Waals surface area contributed by atoms with Crippen molar-refractivity contribution >= 4 is 28.8 Å². The molecule has 0 radical (unpaired) electrons. The molecule has 0 aliphatic carbocycles. The van der Waals surface area contributed by atoms with Crippen LogP contribution in [0.25, 0.3) is 17.2 Å². The summed E-state index contributed by atoms with van der Waals surface area (Å²) in [6, 6.07) is 14.0. The smallest absolute Gasteiger partial charge is 0.260 e. The molecule has 4 rings (SSSR count). The highest BCUT2D eigenvalue weighted by atomic mass is 19.1. The standard InChI is InChI=1S/C23H17FN2O2/c1-23(2)18(15-7-3-5-14(11-15)6-4-10-25)13-20(28-23)21-17-9-8-16(24)12-19(17)26-22(21)27/h3-9,11-13H,1-2H3,(H,26,27). The van der Waals surface area contributed by atoms with E-state index in [0.717, 1.165) is 16.7 Å². The van der Waals surface area contributed by atoms with Gasteiger partial charge >= 0.3 is 0 Å². The van der Waals surface area contributed by atoms with Crippen LogP contribution in [0.1, 0.15) is 30.5 Å². The maximum Gasteiger partial charge on any atom is 0.260 e. The zero-order valence-corrected chi connectivity index (χ0v) is 15.4. The zero-order chi connectivity index (χ0) is 19.9. The van der Waals surface area contributed by atoms with Gasteiger partial charge in [0.2, 0.25) is 0 Å². The van der Waals surface area contributed by atoms with E-state index in [1.807, 2.05) is 50.3 Å². The van der Waals surface area contributed by atoms with Crippen molar-refractivity contribution in [2.24, 2.45) is 0 Å². The quantitative estimate of drug-likeness (QED) is 0.601. The first-order chi connectivity index (χ1) is 13.4. The Bertz CT molecular complexity index is 1130. The molecule has 2 aliphatic rings. The molecule has 0 saturated heterocycles. The fraction of sp³-hybridized carbons (Fsp3) is 0.130. The van der Waals surface area contributed by atoms with Gasteiger partial charge in [-0.2, -0.15) is 5.26 Å². The third-order valence-electron chi connectivity index (χ3n) is 4.81. The van der Waals surface area contributed by atoms with Gasteiger partial charge in [-0.15, -0.1) is 0 Å². The molecular formula is C23H17FN2O2. The van der Waals surface area contributed by atoms with Gasteiger partial charge in [0.15, 0.2) is 0 Å². The molecule has 138 valence electrons. The summed E-state index contributed by atoms with van der Waals surface area (Å²) in [4.78, 5) is 12.5. The van der Waals surface area contributed by atoms with Crippen molar-refractivity contribution in [1.29, 1.82) is 5.26 Å². The maximum atomic E-state index is 13.5. The van der Waals surface area contributed by atoms with Gasteiger partial charge in [0.1, 0.15) is 17.2 Å². The number of nitrogens with zero attached hydrogens (tertiary/aromatic N) is 1. The molecule has 0 aromatic heterocycles. The Morgan fingerprint density at radius 2 is 2.04 bits per heavy atom. The Hall–Kier alpha value is -3.65. The molecule has 0 fully saturated rings. The summed E-state index contributed by atoms with van der Waals surface area (Å²) >= 11 is 0. The van der Waals surface area contributed by atoms with E-state index in [-0.39, 0.29) is 5.91 Å². The number of nitriles is 1. The summed E-state index contributed by atoms with van der Waals surface area (Å²) in [5, 5.41) is 11.4. The molecule has 1 N–H and O–H groups in total. The van der Waals surface area contributed by atoms with Crippen LogP contribution >= 0.6 is 0 Å². The van der Waals surface area contributed by atoms with Crippen LogP contribution in [0.4, 0.5) is 10.1 Å². The fourth-order valence-corrected chi connectivity index (χ4v) is 3.55. The molecule has 0 saturated carbocycles. The Morgan fingerprint density at radius 1 is 1.21 bits per heavy atom. The van der Waals surface area contributed by atoms with E-state index in [4.69, 9.17) is 10.00 Å². The van der Waals surface area contributed by atoms with E-state index >= 15 is 0 Å². The minimum atomic E-state index is -0.650. The number of benzene rings is 2. The monoisotopic (exact) mass is 372 g/mol. The second-order valence-corrected chi connectivity index (χ2v) is 7.14. The number of anilines is 1.